The van der Waals surface area contributed by atoms with Crippen molar-refractivity contribution in [1.82, 2.24) is 4.90 Å². The van der Waals surface area contributed by atoms with E-state index in [1.54, 1.807) is 0 Å². The molecule has 2 nitrogen and oxygen atoms in total. The highest BCUT2D eigenvalue weighted by Gasteiger charge is 2.36. The van der Waals surface area contributed by atoms with E-state index in [2.05, 4.69) is 19.8 Å². The molecule has 0 N–H and O–H groups in total. The maximum Gasteiger partial charge on any atom is 0.229 e. The zero-order valence-electron chi connectivity index (χ0n) is 10.6. The first-order chi connectivity index (χ1) is 7.64. The summed E-state index contributed by atoms with van der Waals surface area (Å²) in [4.78, 5) is 14.3. The Morgan fingerprint density at radius 2 is 2.00 bits per heavy atom. The van der Waals surface area contributed by atoms with Crippen LogP contribution in [0.5, 0.6) is 0 Å². The molecule has 0 aromatic rings. The van der Waals surface area contributed by atoms with Crippen LogP contribution in [0.2, 0.25) is 0 Å². The summed E-state index contributed by atoms with van der Waals surface area (Å²) < 4.78 is 0. The monoisotopic (exact) mass is 221 g/mol. The highest BCUT2D eigenvalue weighted by Crippen LogP contribution is 2.37. The highest BCUT2D eigenvalue weighted by molar-refractivity contribution is 5.82. The van der Waals surface area contributed by atoms with Crippen LogP contribution in [0, 0.1) is 17.8 Å². The molecule has 1 rings (SSSR count). The molecule has 0 radical (unpaired) electrons. The van der Waals surface area contributed by atoms with Crippen LogP contribution in [-0.4, -0.2) is 23.9 Å². The minimum absolute atomic E-state index is 0.149. The molecule has 90 valence electrons. The van der Waals surface area contributed by atoms with Gasteiger partial charge in [-0.1, -0.05) is 39.0 Å². The lowest BCUT2D eigenvalue weighted by Crippen LogP contribution is -2.44. The zero-order valence-corrected chi connectivity index (χ0v) is 10.6. The molecule has 0 unspecified atom stereocenters. The van der Waals surface area contributed by atoms with Crippen molar-refractivity contribution in [1.29, 1.82) is 0 Å². The zero-order chi connectivity index (χ0) is 12.0. The molecular formula is C14H23NO. The molecule has 0 aliphatic heterocycles. The normalized spacial score (nSPS) is 18.8. The fourth-order valence-corrected chi connectivity index (χ4v) is 2.56. The van der Waals surface area contributed by atoms with E-state index < -0.39 is 0 Å². The standard InChI is InChI=1S/C14H23NO/c1-4-11-15(12-5-2)13(16)14(3)9-7-6-8-10-14/h1H,5-12H2,2-3H3. The topological polar surface area (TPSA) is 20.3 Å². The fourth-order valence-electron chi connectivity index (χ4n) is 2.56. The van der Waals surface area contributed by atoms with Gasteiger partial charge in [-0.3, -0.25) is 4.79 Å². The molecule has 0 spiro atoms. The quantitative estimate of drug-likeness (QED) is 0.668. The van der Waals surface area contributed by atoms with E-state index in [9.17, 15) is 4.79 Å². The van der Waals surface area contributed by atoms with Crippen LogP contribution in [0.25, 0.3) is 0 Å². The molecule has 1 amide bonds. The SMILES string of the molecule is C#CCN(CCC)C(=O)C1(C)CCCCC1. The molecule has 0 heterocycles. The molecule has 0 saturated heterocycles. The summed E-state index contributed by atoms with van der Waals surface area (Å²) in [5.74, 6) is 2.87. The predicted molar refractivity (Wildman–Crippen MR) is 66.9 cm³/mol. The number of rotatable bonds is 4. The van der Waals surface area contributed by atoms with Gasteiger partial charge in [0.1, 0.15) is 0 Å². The summed E-state index contributed by atoms with van der Waals surface area (Å²) in [6, 6.07) is 0. The fraction of sp³-hybridized carbons (Fsp3) is 0.786. The largest absolute Gasteiger partial charge is 0.331 e. The Bertz CT molecular complexity index is 271. The maximum atomic E-state index is 12.4. The Morgan fingerprint density at radius 1 is 1.38 bits per heavy atom. The van der Waals surface area contributed by atoms with Gasteiger partial charge in [0, 0.05) is 12.0 Å². The van der Waals surface area contributed by atoms with Crippen molar-refractivity contribution in [3.8, 4) is 12.3 Å². The van der Waals surface area contributed by atoms with E-state index in [0.717, 1.165) is 25.8 Å². The molecular weight excluding hydrogens is 198 g/mol. The van der Waals surface area contributed by atoms with E-state index in [-0.39, 0.29) is 11.3 Å². The van der Waals surface area contributed by atoms with Gasteiger partial charge in [0.2, 0.25) is 5.91 Å². The number of terminal acetylenes is 1. The lowest BCUT2D eigenvalue weighted by Gasteiger charge is -2.36. The van der Waals surface area contributed by atoms with E-state index >= 15 is 0 Å². The Hall–Kier alpha value is -0.970. The minimum atomic E-state index is -0.149. The number of carbonyl (C=O) groups excluding carboxylic acids is 1. The van der Waals surface area contributed by atoms with Gasteiger partial charge in [0.15, 0.2) is 0 Å². The van der Waals surface area contributed by atoms with Crippen LogP contribution in [0.1, 0.15) is 52.4 Å². The molecule has 16 heavy (non-hydrogen) atoms. The smallest absolute Gasteiger partial charge is 0.229 e. The van der Waals surface area contributed by atoms with Gasteiger partial charge >= 0.3 is 0 Å². The Labute approximate surface area is 99.4 Å². The number of carbonyl (C=O) groups is 1. The lowest BCUT2D eigenvalue weighted by molar-refractivity contribution is -0.142. The average molecular weight is 221 g/mol. The van der Waals surface area contributed by atoms with Crippen molar-refractivity contribution in [2.45, 2.75) is 52.4 Å². The van der Waals surface area contributed by atoms with Gasteiger partial charge in [0.25, 0.3) is 0 Å². The third-order valence-electron chi connectivity index (χ3n) is 3.54. The third-order valence-corrected chi connectivity index (χ3v) is 3.54. The van der Waals surface area contributed by atoms with Gasteiger partial charge in [-0.15, -0.1) is 6.42 Å². The maximum absolute atomic E-state index is 12.4. The van der Waals surface area contributed by atoms with Crippen LogP contribution in [-0.2, 0) is 4.79 Å². The second kappa shape index (κ2) is 5.94. The van der Waals surface area contributed by atoms with E-state index in [0.29, 0.717) is 6.54 Å². The first-order valence-electron chi connectivity index (χ1n) is 6.37. The first kappa shape index (κ1) is 13.1. The molecule has 1 fully saturated rings. The van der Waals surface area contributed by atoms with Crippen LogP contribution in [0.3, 0.4) is 0 Å². The molecule has 0 aromatic heterocycles. The molecule has 0 aromatic carbocycles. The van der Waals surface area contributed by atoms with Gasteiger partial charge in [-0.2, -0.15) is 0 Å². The van der Waals surface area contributed by atoms with Gasteiger partial charge in [-0.25, -0.2) is 0 Å². The van der Waals surface area contributed by atoms with E-state index in [1.807, 2.05) is 4.90 Å². The van der Waals surface area contributed by atoms with Crippen molar-refractivity contribution in [2.24, 2.45) is 5.41 Å². The Morgan fingerprint density at radius 3 is 2.50 bits per heavy atom. The minimum Gasteiger partial charge on any atom is -0.331 e. The van der Waals surface area contributed by atoms with Gasteiger partial charge < -0.3 is 4.90 Å². The number of hydrogen-bond acceptors (Lipinski definition) is 1. The number of hydrogen-bond donors (Lipinski definition) is 0. The van der Waals surface area contributed by atoms with Crippen molar-refractivity contribution in [2.75, 3.05) is 13.1 Å². The Balaban J connectivity index is 2.68. The van der Waals surface area contributed by atoms with Gasteiger partial charge in [-0.05, 0) is 19.3 Å². The second-order valence-electron chi connectivity index (χ2n) is 5.05. The summed E-state index contributed by atoms with van der Waals surface area (Å²) in [5, 5.41) is 0. The number of nitrogens with zero attached hydrogens (tertiary/aromatic N) is 1. The average Bonchev–Trinajstić information content (AvgIpc) is 2.29. The second-order valence-corrected chi connectivity index (χ2v) is 5.05. The van der Waals surface area contributed by atoms with Crippen LogP contribution < -0.4 is 0 Å². The molecule has 1 aliphatic carbocycles. The molecule has 2 heteroatoms. The molecule has 0 atom stereocenters. The summed E-state index contributed by atoms with van der Waals surface area (Å²) in [6.45, 7) is 5.44. The summed E-state index contributed by atoms with van der Waals surface area (Å²) in [5.41, 5.74) is -0.149. The van der Waals surface area contributed by atoms with E-state index in [1.165, 1.54) is 19.3 Å². The van der Waals surface area contributed by atoms with E-state index in [4.69, 9.17) is 6.42 Å². The van der Waals surface area contributed by atoms with Crippen molar-refractivity contribution < 1.29 is 4.79 Å². The first-order valence-corrected chi connectivity index (χ1v) is 6.37. The van der Waals surface area contributed by atoms with Crippen molar-refractivity contribution in [3.05, 3.63) is 0 Å². The lowest BCUT2D eigenvalue weighted by atomic mass is 9.74. The van der Waals surface area contributed by atoms with Crippen molar-refractivity contribution in [3.63, 3.8) is 0 Å². The summed E-state index contributed by atoms with van der Waals surface area (Å²) >= 11 is 0. The van der Waals surface area contributed by atoms with Crippen LogP contribution in [0.15, 0.2) is 0 Å². The molecule has 1 saturated carbocycles. The molecule has 0 bridgehead atoms. The van der Waals surface area contributed by atoms with Crippen LogP contribution in [0.4, 0.5) is 0 Å². The number of amides is 1. The Kier molecular flexibility index (Phi) is 4.86. The van der Waals surface area contributed by atoms with Crippen molar-refractivity contribution >= 4 is 5.91 Å². The summed E-state index contributed by atoms with van der Waals surface area (Å²) in [7, 11) is 0. The van der Waals surface area contributed by atoms with Crippen LogP contribution >= 0.6 is 0 Å². The highest BCUT2D eigenvalue weighted by atomic mass is 16.2. The third kappa shape index (κ3) is 3.01. The summed E-state index contributed by atoms with van der Waals surface area (Å²) in [6.07, 6.45) is 12.0. The van der Waals surface area contributed by atoms with Gasteiger partial charge in [0.05, 0.1) is 6.54 Å². The predicted octanol–water partition coefficient (Wildman–Crippen LogP) is 2.83. The molecule has 1 aliphatic rings.